The van der Waals surface area contributed by atoms with Crippen LogP contribution in [0, 0.1) is 12.3 Å². The van der Waals surface area contributed by atoms with Crippen molar-refractivity contribution in [3.05, 3.63) is 77.5 Å². The molecule has 4 rings (SSSR count). The van der Waals surface area contributed by atoms with Crippen molar-refractivity contribution in [2.24, 2.45) is 4.99 Å². The topological polar surface area (TPSA) is 76.8 Å². The molecular formula is C22H20N4O2. The summed E-state index contributed by atoms with van der Waals surface area (Å²) >= 11 is 0. The molecule has 1 saturated heterocycles. The minimum Gasteiger partial charge on any atom is -0.302 e. The van der Waals surface area contributed by atoms with Gasteiger partial charge in [-0.2, -0.15) is 5.01 Å². The summed E-state index contributed by atoms with van der Waals surface area (Å²) in [5.74, 6) is -0.563. The fraction of sp³-hybridized carbons (Fsp3) is 0.182. The first-order chi connectivity index (χ1) is 13.4. The Hall–Kier alpha value is -3.38. The highest BCUT2D eigenvalue weighted by Crippen LogP contribution is 2.36. The van der Waals surface area contributed by atoms with Gasteiger partial charge in [-0.15, -0.1) is 0 Å². The average Bonchev–Trinajstić information content (AvgIpc) is 2.90. The maximum atomic E-state index is 13.0. The fourth-order valence-corrected chi connectivity index (χ4v) is 3.61. The van der Waals surface area contributed by atoms with E-state index in [2.05, 4.69) is 4.99 Å². The monoisotopic (exact) mass is 372 g/mol. The van der Waals surface area contributed by atoms with Crippen LogP contribution in [0.1, 0.15) is 22.8 Å². The molecule has 2 aromatic carbocycles. The van der Waals surface area contributed by atoms with E-state index >= 15 is 0 Å². The third-order valence-corrected chi connectivity index (χ3v) is 5.44. The molecule has 0 spiro atoms. The van der Waals surface area contributed by atoms with Gasteiger partial charge in [0, 0.05) is 18.8 Å². The molecule has 2 aliphatic heterocycles. The molecule has 1 fully saturated rings. The Morgan fingerprint density at radius 1 is 1.07 bits per heavy atom. The number of Topliss-reactive ketones (excluding diaryl/α,β-unsaturated/α-hetero) is 1. The summed E-state index contributed by atoms with van der Waals surface area (Å²) < 4.78 is 0. The van der Waals surface area contributed by atoms with Gasteiger partial charge in [0.15, 0.2) is 5.78 Å². The van der Waals surface area contributed by atoms with Crippen molar-refractivity contribution < 1.29 is 9.59 Å². The minimum absolute atomic E-state index is 0.0670. The summed E-state index contributed by atoms with van der Waals surface area (Å²) in [5, 5.41) is 12.0. The molecule has 28 heavy (non-hydrogen) atoms. The molecule has 1 N–H and O–H groups in total. The molecule has 140 valence electrons. The number of anilines is 1. The highest BCUT2D eigenvalue weighted by atomic mass is 16.2. The predicted octanol–water partition coefficient (Wildman–Crippen LogP) is 3.19. The SMILES string of the molecule is Cc1ccc(C(=O)C2=CN=C3C(=O)N(c4ccccc4)N(C)C3(C)C2=N)cc1. The summed E-state index contributed by atoms with van der Waals surface area (Å²) in [4.78, 5) is 30.4. The molecule has 1 unspecified atom stereocenters. The molecule has 0 aliphatic carbocycles. The van der Waals surface area contributed by atoms with Crippen molar-refractivity contribution in [3.8, 4) is 0 Å². The number of aryl methyl sites for hydroxylation is 1. The largest absolute Gasteiger partial charge is 0.302 e. The van der Waals surface area contributed by atoms with Crippen molar-refractivity contribution in [1.29, 1.82) is 5.41 Å². The normalized spacial score (nSPS) is 22.0. The van der Waals surface area contributed by atoms with Gasteiger partial charge in [-0.05, 0) is 26.0 Å². The van der Waals surface area contributed by atoms with Gasteiger partial charge in [-0.1, -0.05) is 48.0 Å². The maximum Gasteiger partial charge on any atom is 0.289 e. The standard InChI is InChI=1S/C22H20N4O2/c1-14-9-11-15(12-10-14)18(27)17-13-24-20-21(28)26(16-7-5-4-6-8-16)25(3)22(20,2)19(17)23/h4-13,23H,1-3H3. The van der Waals surface area contributed by atoms with E-state index in [4.69, 9.17) is 5.41 Å². The van der Waals surface area contributed by atoms with E-state index < -0.39 is 5.54 Å². The highest BCUT2D eigenvalue weighted by molar-refractivity contribution is 6.56. The van der Waals surface area contributed by atoms with E-state index in [1.807, 2.05) is 49.4 Å². The molecule has 1 amide bonds. The van der Waals surface area contributed by atoms with Crippen LogP contribution in [0.4, 0.5) is 5.69 Å². The zero-order valence-corrected chi connectivity index (χ0v) is 15.9. The highest BCUT2D eigenvalue weighted by Gasteiger charge is 2.56. The number of fused-ring (bicyclic) bond motifs is 1. The third kappa shape index (κ3) is 2.46. The van der Waals surface area contributed by atoms with Crippen LogP contribution in [-0.2, 0) is 4.79 Å². The number of amides is 1. The number of carbonyl (C=O) groups excluding carboxylic acids is 2. The van der Waals surface area contributed by atoms with Crippen molar-refractivity contribution in [3.63, 3.8) is 0 Å². The lowest BCUT2D eigenvalue weighted by atomic mass is 9.82. The van der Waals surface area contributed by atoms with Crippen LogP contribution in [-0.4, -0.2) is 40.7 Å². The number of benzene rings is 2. The Kier molecular flexibility index (Phi) is 4.08. The lowest BCUT2D eigenvalue weighted by molar-refractivity contribution is -0.113. The van der Waals surface area contributed by atoms with Gasteiger partial charge in [0.05, 0.1) is 17.0 Å². The van der Waals surface area contributed by atoms with Gasteiger partial charge < -0.3 is 5.41 Å². The van der Waals surface area contributed by atoms with Crippen molar-refractivity contribution in [2.75, 3.05) is 12.1 Å². The zero-order chi connectivity index (χ0) is 20.1. The zero-order valence-electron chi connectivity index (χ0n) is 15.9. The number of ketones is 1. The Balaban J connectivity index is 1.74. The molecule has 2 aliphatic rings. The first-order valence-corrected chi connectivity index (χ1v) is 8.98. The summed E-state index contributed by atoms with van der Waals surface area (Å²) in [6.07, 6.45) is 1.35. The predicted molar refractivity (Wildman–Crippen MR) is 109 cm³/mol. The molecule has 2 heterocycles. The summed E-state index contributed by atoms with van der Waals surface area (Å²) in [5.41, 5.74) is 1.63. The van der Waals surface area contributed by atoms with Crippen molar-refractivity contribution in [2.45, 2.75) is 19.4 Å². The fourth-order valence-electron chi connectivity index (χ4n) is 3.61. The molecule has 6 nitrogen and oxygen atoms in total. The van der Waals surface area contributed by atoms with Gasteiger partial charge in [0.25, 0.3) is 5.91 Å². The molecule has 0 aromatic heterocycles. The number of hydrogen-bond donors (Lipinski definition) is 1. The number of hydrazine groups is 1. The number of para-hydroxylation sites is 1. The van der Waals surface area contributed by atoms with Crippen LogP contribution >= 0.6 is 0 Å². The lowest BCUT2D eigenvalue weighted by Crippen LogP contribution is -2.55. The van der Waals surface area contributed by atoms with Crippen LogP contribution < -0.4 is 5.01 Å². The third-order valence-electron chi connectivity index (χ3n) is 5.44. The van der Waals surface area contributed by atoms with Crippen molar-refractivity contribution >= 4 is 28.8 Å². The Morgan fingerprint density at radius 2 is 1.71 bits per heavy atom. The molecule has 2 aromatic rings. The van der Waals surface area contributed by atoms with Crippen LogP contribution in [0.3, 0.4) is 0 Å². The minimum atomic E-state index is -1.11. The Morgan fingerprint density at radius 3 is 2.36 bits per heavy atom. The molecule has 1 atom stereocenters. The van der Waals surface area contributed by atoms with Gasteiger partial charge in [0.1, 0.15) is 11.3 Å². The maximum absolute atomic E-state index is 13.0. The van der Waals surface area contributed by atoms with Gasteiger partial charge >= 0.3 is 0 Å². The Labute approximate surface area is 163 Å². The van der Waals surface area contributed by atoms with Crippen LogP contribution in [0.15, 0.2) is 71.4 Å². The van der Waals surface area contributed by atoms with E-state index in [0.29, 0.717) is 11.3 Å². The lowest BCUT2D eigenvalue weighted by Gasteiger charge is -2.36. The molecule has 0 radical (unpaired) electrons. The second-order valence-corrected chi connectivity index (χ2v) is 7.14. The molecular weight excluding hydrogens is 352 g/mol. The summed E-state index contributed by atoms with van der Waals surface area (Å²) in [7, 11) is 1.74. The molecule has 0 bridgehead atoms. The van der Waals surface area contributed by atoms with E-state index in [0.717, 1.165) is 5.56 Å². The van der Waals surface area contributed by atoms with Gasteiger partial charge in [0.2, 0.25) is 0 Å². The molecule has 6 heteroatoms. The number of hydrogen-bond acceptors (Lipinski definition) is 5. The van der Waals surface area contributed by atoms with E-state index in [1.54, 1.807) is 31.1 Å². The second kappa shape index (κ2) is 6.35. The number of carbonyl (C=O) groups is 2. The average molecular weight is 372 g/mol. The van der Waals surface area contributed by atoms with E-state index in [1.165, 1.54) is 11.2 Å². The second-order valence-electron chi connectivity index (χ2n) is 7.14. The quantitative estimate of drug-likeness (QED) is 0.841. The number of nitrogens with one attached hydrogen (secondary N) is 1. The summed E-state index contributed by atoms with van der Waals surface area (Å²) in [6, 6.07) is 16.4. The first-order valence-electron chi connectivity index (χ1n) is 8.98. The molecule has 0 saturated carbocycles. The van der Waals surface area contributed by atoms with Gasteiger partial charge in [-0.3, -0.25) is 14.6 Å². The smallest absolute Gasteiger partial charge is 0.289 e. The number of rotatable bonds is 3. The van der Waals surface area contributed by atoms with E-state index in [9.17, 15) is 9.59 Å². The Bertz CT molecular complexity index is 1050. The van der Waals surface area contributed by atoms with Crippen LogP contribution in [0.25, 0.3) is 0 Å². The first kappa shape index (κ1) is 18.0. The number of aliphatic imine (C=N–C) groups is 1. The summed E-state index contributed by atoms with van der Waals surface area (Å²) in [6.45, 7) is 3.70. The number of nitrogens with zero attached hydrogens (tertiary/aromatic N) is 3. The van der Waals surface area contributed by atoms with Crippen LogP contribution in [0.5, 0.6) is 0 Å². The van der Waals surface area contributed by atoms with Gasteiger partial charge in [-0.25, -0.2) is 5.01 Å². The van der Waals surface area contributed by atoms with Crippen molar-refractivity contribution in [1.82, 2.24) is 5.01 Å². The van der Waals surface area contributed by atoms with Crippen LogP contribution in [0.2, 0.25) is 0 Å². The van der Waals surface area contributed by atoms with E-state index in [-0.39, 0.29) is 28.7 Å².